The number of Topliss-reactive ketones (excluding diaryl/α,β-unsaturated/α-hetero) is 1. The van der Waals surface area contributed by atoms with Gasteiger partial charge in [0.05, 0.1) is 18.1 Å². The number of likely N-dealkylation sites (tertiary alicyclic amines) is 1. The minimum Gasteiger partial charge on any atom is -0.466 e. The van der Waals surface area contributed by atoms with Crippen LogP contribution in [0, 0.1) is 11.7 Å². The lowest BCUT2D eigenvalue weighted by Gasteiger charge is -2.30. The predicted molar refractivity (Wildman–Crippen MR) is 85.9 cm³/mol. The van der Waals surface area contributed by atoms with Crippen molar-refractivity contribution in [3.63, 3.8) is 0 Å². The van der Waals surface area contributed by atoms with Crippen LogP contribution in [0.1, 0.15) is 43.0 Å². The lowest BCUT2D eigenvalue weighted by molar-refractivity contribution is -0.151. The molecule has 1 aliphatic heterocycles. The molecule has 0 spiro atoms. The zero-order valence-electron chi connectivity index (χ0n) is 13.8. The minimum atomic E-state index is -0.565. The summed E-state index contributed by atoms with van der Waals surface area (Å²) in [6.07, 6.45) is 1.19. The van der Waals surface area contributed by atoms with Gasteiger partial charge >= 0.3 is 5.97 Å². The highest BCUT2D eigenvalue weighted by Gasteiger charge is 2.28. The lowest BCUT2D eigenvalue weighted by Crippen LogP contribution is -2.40. The first-order valence-electron chi connectivity index (χ1n) is 8.25. The van der Waals surface area contributed by atoms with Gasteiger partial charge in [0.25, 0.3) is 0 Å². The molecule has 24 heavy (non-hydrogen) atoms. The maximum Gasteiger partial charge on any atom is 0.309 e. The second-order valence-electron chi connectivity index (χ2n) is 5.81. The van der Waals surface area contributed by atoms with E-state index in [9.17, 15) is 18.8 Å². The molecular formula is C18H22FNO4. The second kappa shape index (κ2) is 8.57. The third kappa shape index (κ3) is 4.63. The van der Waals surface area contributed by atoms with Crippen LogP contribution in [0.4, 0.5) is 4.39 Å². The van der Waals surface area contributed by atoms with Gasteiger partial charge in [-0.2, -0.15) is 0 Å². The minimum absolute atomic E-state index is 0.0163. The summed E-state index contributed by atoms with van der Waals surface area (Å²) < 4.78 is 18.5. The van der Waals surface area contributed by atoms with Gasteiger partial charge in [-0.3, -0.25) is 14.4 Å². The summed E-state index contributed by atoms with van der Waals surface area (Å²) in [6, 6.07) is 5.77. The lowest BCUT2D eigenvalue weighted by atomic mass is 9.96. The molecule has 6 heteroatoms. The molecule has 0 aliphatic carbocycles. The second-order valence-corrected chi connectivity index (χ2v) is 5.81. The molecular weight excluding hydrogens is 313 g/mol. The van der Waals surface area contributed by atoms with Gasteiger partial charge in [-0.25, -0.2) is 4.39 Å². The van der Waals surface area contributed by atoms with Gasteiger partial charge in [-0.15, -0.1) is 0 Å². The monoisotopic (exact) mass is 335 g/mol. The van der Waals surface area contributed by atoms with E-state index in [2.05, 4.69) is 0 Å². The molecule has 0 unspecified atom stereocenters. The summed E-state index contributed by atoms with van der Waals surface area (Å²) in [5.74, 6) is -1.44. The van der Waals surface area contributed by atoms with Crippen molar-refractivity contribution in [2.24, 2.45) is 5.92 Å². The SMILES string of the molecule is CCOC(=O)C1CCN(C(=O)CCC(=O)c2ccccc2F)CC1. The molecule has 0 aromatic heterocycles. The van der Waals surface area contributed by atoms with Crippen LogP contribution in [0.25, 0.3) is 0 Å². The molecule has 2 rings (SSSR count). The normalized spacial score (nSPS) is 15.2. The number of carbonyl (C=O) groups excluding carboxylic acids is 3. The molecule has 1 aromatic rings. The summed E-state index contributed by atoms with van der Waals surface area (Å²) >= 11 is 0. The molecule has 1 amide bonds. The van der Waals surface area contributed by atoms with E-state index in [-0.39, 0.29) is 42.0 Å². The molecule has 1 fully saturated rings. The molecule has 1 aromatic carbocycles. The third-order valence-corrected chi connectivity index (χ3v) is 4.21. The number of nitrogens with zero attached hydrogens (tertiary/aromatic N) is 1. The number of benzene rings is 1. The largest absolute Gasteiger partial charge is 0.466 e. The number of esters is 1. The molecule has 130 valence electrons. The standard InChI is InChI=1S/C18H22FNO4/c1-2-24-18(23)13-9-11-20(12-10-13)17(22)8-7-16(21)14-5-3-4-6-15(14)19/h3-6,13H,2,7-12H2,1H3. The molecule has 1 saturated heterocycles. The zero-order chi connectivity index (χ0) is 17.5. The van der Waals surface area contributed by atoms with Crippen LogP contribution in [0.2, 0.25) is 0 Å². The quantitative estimate of drug-likeness (QED) is 0.592. The molecule has 0 atom stereocenters. The van der Waals surface area contributed by atoms with E-state index >= 15 is 0 Å². The number of ketones is 1. The Morgan fingerprint density at radius 3 is 2.46 bits per heavy atom. The third-order valence-electron chi connectivity index (χ3n) is 4.21. The highest BCUT2D eigenvalue weighted by Crippen LogP contribution is 2.20. The smallest absolute Gasteiger partial charge is 0.309 e. The van der Waals surface area contributed by atoms with Crippen molar-refractivity contribution in [3.8, 4) is 0 Å². The van der Waals surface area contributed by atoms with Crippen LogP contribution in [0.5, 0.6) is 0 Å². The maximum atomic E-state index is 13.5. The first-order valence-corrected chi connectivity index (χ1v) is 8.25. The number of hydrogen-bond acceptors (Lipinski definition) is 4. The van der Waals surface area contributed by atoms with E-state index in [4.69, 9.17) is 4.74 Å². The van der Waals surface area contributed by atoms with Crippen molar-refractivity contribution in [2.45, 2.75) is 32.6 Å². The Morgan fingerprint density at radius 2 is 1.83 bits per heavy atom. The van der Waals surface area contributed by atoms with Crippen LogP contribution in [-0.4, -0.2) is 42.3 Å². The molecule has 1 heterocycles. The van der Waals surface area contributed by atoms with Crippen molar-refractivity contribution in [1.29, 1.82) is 0 Å². The number of rotatable bonds is 6. The van der Waals surface area contributed by atoms with E-state index in [0.29, 0.717) is 32.5 Å². The topological polar surface area (TPSA) is 63.7 Å². The Labute approximate surface area is 140 Å². The molecule has 0 radical (unpaired) electrons. The summed E-state index contributed by atoms with van der Waals surface area (Å²) in [5.41, 5.74) is 0.0197. The van der Waals surface area contributed by atoms with Gasteiger partial charge in [-0.05, 0) is 31.9 Å². The van der Waals surface area contributed by atoms with Crippen LogP contribution in [0.3, 0.4) is 0 Å². The van der Waals surface area contributed by atoms with Gasteiger partial charge in [0.2, 0.25) is 5.91 Å². The first-order chi connectivity index (χ1) is 11.5. The van der Waals surface area contributed by atoms with Gasteiger partial charge in [-0.1, -0.05) is 12.1 Å². The fourth-order valence-corrected chi connectivity index (χ4v) is 2.83. The number of carbonyl (C=O) groups is 3. The molecule has 0 bridgehead atoms. The Morgan fingerprint density at radius 1 is 1.17 bits per heavy atom. The van der Waals surface area contributed by atoms with E-state index in [1.165, 1.54) is 18.2 Å². The summed E-state index contributed by atoms with van der Waals surface area (Å²) in [5, 5.41) is 0. The van der Waals surface area contributed by atoms with Crippen molar-refractivity contribution in [1.82, 2.24) is 4.90 Å². The van der Waals surface area contributed by atoms with E-state index in [0.717, 1.165) is 0 Å². The van der Waals surface area contributed by atoms with Gasteiger partial charge in [0, 0.05) is 25.9 Å². The summed E-state index contributed by atoms with van der Waals surface area (Å²) in [7, 11) is 0. The van der Waals surface area contributed by atoms with Crippen molar-refractivity contribution < 1.29 is 23.5 Å². The van der Waals surface area contributed by atoms with Crippen molar-refractivity contribution in [2.75, 3.05) is 19.7 Å². The van der Waals surface area contributed by atoms with E-state index in [1.54, 1.807) is 17.9 Å². The molecule has 0 saturated carbocycles. The fourth-order valence-electron chi connectivity index (χ4n) is 2.83. The average molecular weight is 335 g/mol. The summed E-state index contributed by atoms with van der Waals surface area (Å²) in [6.45, 7) is 3.09. The Hall–Kier alpha value is -2.24. The van der Waals surface area contributed by atoms with Crippen molar-refractivity contribution >= 4 is 17.7 Å². The number of halogens is 1. The summed E-state index contributed by atoms with van der Waals surface area (Å²) in [4.78, 5) is 37.5. The van der Waals surface area contributed by atoms with Crippen LogP contribution >= 0.6 is 0 Å². The van der Waals surface area contributed by atoms with Crippen LogP contribution < -0.4 is 0 Å². The zero-order valence-corrected chi connectivity index (χ0v) is 13.8. The first kappa shape index (κ1) is 18.1. The Kier molecular flexibility index (Phi) is 6.46. The number of ether oxygens (including phenoxy) is 1. The van der Waals surface area contributed by atoms with E-state index in [1.807, 2.05) is 0 Å². The number of piperidine rings is 1. The average Bonchev–Trinajstić information content (AvgIpc) is 2.60. The highest BCUT2D eigenvalue weighted by atomic mass is 19.1. The van der Waals surface area contributed by atoms with Crippen molar-refractivity contribution in [3.05, 3.63) is 35.6 Å². The van der Waals surface area contributed by atoms with Gasteiger partial charge < -0.3 is 9.64 Å². The highest BCUT2D eigenvalue weighted by molar-refractivity contribution is 5.98. The van der Waals surface area contributed by atoms with Gasteiger partial charge in [0.1, 0.15) is 5.82 Å². The molecule has 5 nitrogen and oxygen atoms in total. The van der Waals surface area contributed by atoms with Crippen LogP contribution in [0.15, 0.2) is 24.3 Å². The number of amides is 1. The fraction of sp³-hybridized carbons (Fsp3) is 0.500. The Bertz CT molecular complexity index is 609. The predicted octanol–water partition coefficient (Wildman–Crippen LogP) is 2.59. The Balaban J connectivity index is 1.79. The van der Waals surface area contributed by atoms with Crippen LogP contribution in [-0.2, 0) is 14.3 Å². The maximum absolute atomic E-state index is 13.5. The molecule has 0 N–H and O–H groups in total. The van der Waals surface area contributed by atoms with E-state index < -0.39 is 5.82 Å². The number of hydrogen-bond donors (Lipinski definition) is 0. The van der Waals surface area contributed by atoms with Gasteiger partial charge in [0.15, 0.2) is 5.78 Å². The molecule has 1 aliphatic rings.